The number of unbranched alkanes of at least 4 members (excludes halogenated alkanes) is 1. The molecule has 2 aromatic rings. The predicted octanol–water partition coefficient (Wildman–Crippen LogP) is 3.06. The Hall–Kier alpha value is -2.38. The Morgan fingerprint density at radius 3 is 2.60 bits per heavy atom. The summed E-state index contributed by atoms with van der Waals surface area (Å²) in [6, 6.07) is 13.0. The van der Waals surface area contributed by atoms with Crippen LogP contribution in [0.15, 0.2) is 47.4 Å². The molecular weight excluding hydrogens is 400 g/mol. The fraction of sp³-hybridized carbons (Fsp3) is 0.435. The summed E-state index contributed by atoms with van der Waals surface area (Å²) in [5, 5.41) is 3.00. The smallest absolute Gasteiger partial charge is 0.255 e. The first-order valence-electron chi connectivity index (χ1n) is 10.3. The number of amides is 1. The van der Waals surface area contributed by atoms with Crippen molar-refractivity contribution in [2.24, 2.45) is 0 Å². The van der Waals surface area contributed by atoms with Crippen molar-refractivity contribution >= 4 is 15.7 Å². The molecule has 1 heterocycles. The summed E-state index contributed by atoms with van der Waals surface area (Å²) in [6.45, 7) is 4.53. The number of ether oxygens (including phenoxy) is 1. The number of rotatable bonds is 8. The van der Waals surface area contributed by atoms with Crippen molar-refractivity contribution in [3.05, 3.63) is 59.2 Å². The molecule has 162 valence electrons. The normalized spacial score (nSPS) is 16.7. The zero-order chi connectivity index (χ0) is 21.7. The molecule has 2 aromatic carbocycles. The fourth-order valence-electron chi connectivity index (χ4n) is 3.87. The molecule has 0 saturated heterocycles. The van der Waals surface area contributed by atoms with Gasteiger partial charge in [0.1, 0.15) is 5.75 Å². The standard InChI is InChI=1S/C23H30N2O4S/c1-4-5-12-25-16-18-9-7-6-8-17(18)13-19(25)15-24-23(26)21-14-20(30(3,27)28)10-11-22(21)29-2/h6-11,14,19H,4-5,12-13,15-16H2,1-3H3,(H,24,26)/t19-/m0/s1. The van der Waals surface area contributed by atoms with Gasteiger partial charge in [0.2, 0.25) is 0 Å². The highest BCUT2D eigenvalue weighted by atomic mass is 32.2. The van der Waals surface area contributed by atoms with Gasteiger partial charge in [0.25, 0.3) is 5.91 Å². The van der Waals surface area contributed by atoms with Crippen LogP contribution in [0.4, 0.5) is 0 Å². The fourth-order valence-corrected chi connectivity index (χ4v) is 4.51. The van der Waals surface area contributed by atoms with Gasteiger partial charge in [-0.3, -0.25) is 9.69 Å². The molecule has 0 aromatic heterocycles. The van der Waals surface area contributed by atoms with E-state index in [0.29, 0.717) is 12.3 Å². The summed E-state index contributed by atoms with van der Waals surface area (Å²) < 4.78 is 29.1. The zero-order valence-electron chi connectivity index (χ0n) is 17.8. The molecule has 1 amide bonds. The van der Waals surface area contributed by atoms with Crippen LogP contribution >= 0.6 is 0 Å². The number of nitrogens with zero attached hydrogens (tertiary/aromatic N) is 1. The number of nitrogens with one attached hydrogen (secondary N) is 1. The minimum Gasteiger partial charge on any atom is -0.496 e. The van der Waals surface area contributed by atoms with Crippen LogP contribution in [-0.4, -0.2) is 51.7 Å². The van der Waals surface area contributed by atoms with Gasteiger partial charge in [-0.1, -0.05) is 37.6 Å². The first kappa shape index (κ1) is 22.3. The lowest BCUT2D eigenvalue weighted by Crippen LogP contribution is -2.47. The van der Waals surface area contributed by atoms with E-state index in [1.807, 2.05) is 0 Å². The second-order valence-electron chi connectivity index (χ2n) is 7.79. The second-order valence-corrected chi connectivity index (χ2v) is 9.81. The molecule has 1 aliphatic heterocycles. The quantitative estimate of drug-likeness (QED) is 0.697. The average Bonchev–Trinajstić information content (AvgIpc) is 2.74. The highest BCUT2D eigenvalue weighted by Gasteiger charge is 2.26. The largest absolute Gasteiger partial charge is 0.496 e. The Balaban J connectivity index is 1.77. The molecule has 6 nitrogen and oxygen atoms in total. The Morgan fingerprint density at radius 1 is 1.20 bits per heavy atom. The van der Waals surface area contributed by atoms with Gasteiger partial charge >= 0.3 is 0 Å². The van der Waals surface area contributed by atoms with Gasteiger partial charge in [-0.05, 0) is 48.7 Å². The number of carbonyl (C=O) groups is 1. The first-order valence-corrected chi connectivity index (χ1v) is 12.2. The van der Waals surface area contributed by atoms with Crippen molar-refractivity contribution in [2.75, 3.05) is 26.5 Å². The molecule has 0 unspecified atom stereocenters. The van der Waals surface area contributed by atoms with Crippen molar-refractivity contribution in [3.63, 3.8) is 0 Å². The van der Waals surface area contributed by atoms with Gasteiger partial charge in [0.15, 0.2) is 9.84 Å². The molecule has 0 bridgehead atoms. The Labute approximate surface area is 179 Å². The molecule has 0 spiro atoms. The summed E-state index contributed by atoms with van der Waals surface area (Å²) in [6.07, 6.45) is 4.23. The first-order chi connectivity index (χ1) is 14.3. The lowest BCUT2D eigenvalue weighted by molar-refractivity contribution is 0.0921. The van der Waals surface area contributed by atoms with E-state index in [-0.39, 0.29) is 22.4 Å². The topological polar surface area (TPSA) is 75.7 Å². The van der Waals surface area contributed by atoms with Crippen LogP contribution in [0.2, 0.25) is 0 Å². The number of sulfone groups is 1. The van der Waals surface area contributed by atoms with Crippen LogP contribution in [0, 0.1) is 0 Å². The molecular formula is C23H30N2O4S. The molecule has 7 heteroatoms. The van der Waals surface area contributed by atoms with Crippen LogP contribution in [-0.2, 0) is 22.8 Å². The van der Waals surface area contributed by atoms with Gasteiger partial charge in [-0.25, -0.2) is 8.42 Å². The second kappa shape index (κ2) is 9.62. The van der Waals surface area contributed by atoms with Crippen LogP contribution in [0.5, 0.6) is 5.75 Å². The van der Waals surface area contributed by atoms with E-state index < -0.39 is 9.84 Å². The lowest BCUT2D eigenvalue weighted by atomic mass is 9.93. The predicted molar refractivity (Wildman–Crippen MR) is 118 cm³/mol. The van der Waals surface area contributed by atoms with Crippen molar-refractivity contribution in [1.29, 1.82) is 0 Å². The van der Waals surface area contributed by atoms with E-state index in [4.69, 9.17) is 4.74 Å². The van der Waals surface area contributed by atoms with Crippen molar-refractivity contribution < 1.29 is 17.9 Å². The summed E-state index contributed by atoms with van der Waals surface area (Å²) in [5.41, 5.74) is 2.90. The Morgan fingerprint density at radius 2 is 1.93 bits per heavy atom. The monoisotopic (exact) mass is 430 g/mol. The summed E-state index contributed by atoms with van der Waals surface area (Å²) in [5.74, 6) is 0.0309. The van der Waals surface area contributed by atoms with Crippen LogP contribution in [0.1, 0.15) is 41.3 Å². The molecule has 30 heavy (non-hydrogen) atoms. The molecule has 1 N–H and O–H groups in total. The molecule has 0 fully saturated rings. The Bertz CT molecular complexity index is 1000. The van der Waals surface area contributed by atoms with Gasteiger partial charge in [-0.2, -0.15) is 0 Å². The van der Waals surface area contributed by atoms with E-state index in [1.165, 1.54) is 36.4 Å². The van der Waals surface area contributed by atoms with E-state index in [2.05, 4.69) is 41.4 Å². The summed E-state index contributed by atoms with van der Waals surface area (Å²) in [4.78, 5) is 15.4. The molecule has 1 aliphatic rings. The minimum absolute atomic E-state index is 0.101. The van der Waals surface area contributed by atoms with Crippen molar-refractivity contribution in [2.45, 2.75) is 43.7 Å². The number of fused-ring (bicyclic) bond motifs is 1. The van der Waals surface area contributed by atoms with Gasteiger partial charge in [0.05, 0.1) is 17.6 Å². The number of benzene rings is 2. The lowest BCUT2D eigenvalue weighted by Gasteiger charge is -2.37. The van der Waals surface area contributed by atoms with Crippen LogP contribution in [0.3, 0.4) is 0 Å². The zero-order valence-corrected chi connectivity index (χ0v) is 18.7. The maximum absolute atomic E-state index is 12.9. The minimum atomic E-state index is -3.42. The third-order valence-electron chi connectivity index (χ3n) is 5.60. The van der Waals surface area contributed by atoms with Crippen LogP contribution in [0.25, 0.3) is 0 Å². The van der Waals surface area contributed by atoms with Gasteiger partial charge in [-0.15, -0.1) is 0 Å². The van der Waals surface area contributed by atoms with E-state index >= 15 is 0 Å². The van der Waals surface area contributed by atoms with E-state index in [0.717, 1.165) is 38.6 Å². The third-order valence-corrected chi connectivity index (χ3v) is 6.71. The number of hydrogen-bond acceptors (Lipinski definition) is 5. The Kier molecular flexibility index (Phi) is 7.15. The SMILES string of the molecule is CCCCN1Cc2ccccc2C[C@H]1CNC(=O)c1cc(S(C)(=O)=O)ccc1OC. The average molecular weight is 431 g/mol. The third kappa shape index (κ3) is 5.21. The van der Waals surface area contributed by atoms with Crippen LogP contribution < -0.4 is 10.1 Å². The molecule has 0 aliphatic carbocycles. The maximum Gasteiger partial charge on any atom is 0.255 e. The molecule has 0 saturated carbocycles. The van der Waals surface area contributed by atoms with E-state index in [9.17, 15) is 13.2 Å². The number of hydrogen-bond donors (Lipinski definition) is 1. The molecule has 1 atom stereocenters. The van der Waals surface area contributed by atoms with Gasteiger partial charge in [0, 0.05) is 25.4 Å². The highest BCUT2D eigenvalue weighted by Crippen LogP contribution is 2.25. The van der Waals surface area contributed by atoms with E-state index in [1.54, 1.807) is 0 Å². The van der Waals surface area contributed by atoms with Gasteiger partial charge < -0.3 is 10.1 Å². The maximum atomic E-state index is 12.9. The van der Waals surface area contributed by atoms with Crippen molar-refractivity contribution in [3.8, 4) is 5.75 Å². The van der Waals surface area contributed by atoms with Crippen molar-refractivity contribution in [1.82, 2.24) is 10.2 Å². The molecule has 0 radical (unpaired) electrons. The molecule has 3 rings (SSSR count). The summed E-state index contributed by atoms with van der Waals surface area (Å²) in [7, 11) is -1.95. The highest BCUT2D eigenvalue weighted by molar-refractivity contribution is 7.90. The summed E-state index contributed by atoms with van der Waals surface area (Å²) >= 11 is 0. The number of carbonyl (C=O) groups excluding carboxylic acids is 1. The number of methoxy groups -OCH3 is 1.